The summed E-state index contributed by atoms with van der Waals surface area (Å²) in [5.74, 6) is -3.41. The van der Waals surface area contributed by atoms with Crippen LogP contribution in [-0.2, 0) is 0 Å². The lowest BCUT2D eigenvalue weighted by Crippen LogP contribution is -2.03. The van der Waals surface area contributed by atoms with Gasteiger partial charge in [0.25, 0.3) is 0 Å². The highest BCUT2D eigenvalue weighted by Gasteiger charge is 2.13. The van der Waals surface area contributed by atoms with Gasteiger partial charge in [-0.15, -0.1) is 0 Å². The molecule has 2 aromatic carbocycles. The van der Waals surface area contributed by atoms with Gasteiger partial charge in [-0.1, -0.05) is 0 Å². The number of carbonyl (C=O) groups excluding carboxylic acids is 1. The summed E-state index contributed by atoms with van der Waals surface area (Å²) < 4.78 is 39.8. The molecule has 104 valence electrons. The minimum Gasteiger partial charge on any atom is -0.398 e. The average molecular weight is 280 g/mol. The van der Waals surface area contributed by atoms with Crippen LogP contribution in [0.2, 0.25) is 0 Å². The van der Waals surface area contributed by atoms with Crippen LogP contribution in [0, 0.1) is 17.5 Å². The van der Waals surface area contributed by atoms with Gasteiger partial charge in [0.15, 0.2) is 17.4 Å². The molecule has 0 unspecified atom stereocenters. The van der Waals surface area contributed by atoms with Crippen molar-refractivity contribution in [2.45, 2.75) is 6.92 Å². The molecule has 3 nitrogen and oxygen atoms in total. The third-order valence-corrected chi connectivity index (χ3v) is 2.71. The molecule has 0 saturated carbocycles. The second-order valence-corrected chi connectivity index (χ2v) is 4.23. The molecule has 0 saturated heterocycles. The molecule has 3 N–H and O–H groups in total. The zero-order valence-corrected chi connectivity index (χ0v) is 10.5. The van der Waals surface area contributed by atoms with Gasteiger partial charge in [0.05, 0.1) is 0 Å². The Morgan fingerprint density at radius 1 is 1.10 bits per heavy atom. The SMILES string of the molecule is CC(=O)c1cc(Nc2c(F)cc(F)cc2F)ccc1N. The number of halogens is 3. The first-order valence-electron chi connectivity index (χ1n) is 5.70. The quantitative estimate of drug-likeness (QED) is 0.666. The van der Waals surface area contributed by atoms with Crippen molar-refractivity contribution in [1.29, 1.82) is 0 Å². The second-order valence-electron chi connectivity index (χ2n) is 4.23. The van der Waals surface area contributed by atoms with Crippen molar-refractivity contribution in [3.8, 4) is 0 Å². The van der Waals surface area contributed by atoms with Crippen LogP contribution in [0.1, 0.15) is 17.3 Å². The molecule has 0 bridgehead atoms. The lowest BCUT2D eigenvalue weighted by molar-refractivity contribution is 0.101. The van der Waals surface area contributed by atoms with E-state index in [4.69, 9.17) is 5.73 Å². The molecule has 6 heteroatoms. The lowest BCUT2D eigenvalue weighted by Gasteiger charge is -2.11. The molecular formula is C14H11F3N2O. The van der Waals surface area contributed by atoms with Crippen molar-refractivity contribution >= 4 is 22.8 Å². The molecular weight excluding hydrogens is 269 g/mol. The average Bonchev–Trinajstić information content (AvgIpc) is 2.35. The monoisotopic (exact) mass is 280 g/mol. The number of nitrogens with one attached hydrogen (secondary N) is 1. The minimum absolute atomic E-state index is 0.234. The number of nitrogen functional groups attached to an aromatic ring is 1. The van der Waals surface area contributed by atoms with E-state index in [1.165, 1.54) is 25.1 Å². The fourth-order valence-corrected chi connectivity index (χ4v) is 1.74. The molecule has 0 atom stereocenters. The number of Topliss-reactive ketones (excluding diaryl/α,β-unsaturated/α-hetero) is 1. The first kappa shape index (κ1) is 13.9. The maximum atomic E-state index is 13.5. The number of rotatable bonds is 3. The molecule has 0 radical (unpaired) electrons. The van der Waals surface area contributed by atoms with Crippen LogP contribution < -0.4 is 11.1 Å². The molecule has 0 spiro atoms. The molecule has 2 aromatic rings. The van der Waals surface area contributed by atoms with E-state index in [9.17, 15) is 18.0 Å². The van der Waals surface area contributed by atoms with Crippen molar-refractivity contribution < 1.29 is 18.0 Å². The van der Waals surface area contributed by atoms with E-state index in [1.54, 1.807) is 0 Å². The van der Waals surface area contributed by atoms with Crippen LogP contribution >= 0.6 is 0 Å². The van der Waals surface area contributed by atoms with Crippen molar-refractivity contribution in [3.05, 3.63) is 53.3 Å². The van der Waals surface area contributed by atoms with Crippen LogP contribution in [0.3, 0.4) is 0 Å². The summed E-state index contributed by atoms with van der Waals surface area (Å²) in [6.45, 7) is 1.33. The van der Waals surface area contributed by atoms with E-state index in [0.29, 0.717) is 12.1 Å². The van der Waals surface area contributed by atoms with Crippen molar-refractivity contribution in [2.24, 2.45) is 0 Å². The van der Waals surface area contributed by atoms with Crippen molar-refractivity contribution in [3.63, 3.8) is 0 Å². The van der Waals surface area contributed by atoms with Crippen molar-refractivity contribution in [2.75, 3.05) is 11.1 Å². The van der Waals surface area contributed by atoms with Gasteiger partial charge >= 0.3 is 0 Å². The summed E-state index contributed by atoms with van der Waals surface area (Å²) in [5.41, 5.74) is 5.90. The zero-order valence-electron chi connectivity index (χ0n) is 10.5. The summed E-state index contributed by atoms with van der Waals surface area (Å²) >= 11 is 0. The van der Waals surface area contributed by atoms with Gasteiger partial charge in [-0.05, 0) is 25.1 Å². The number of ketones is 1. The first-order valence-corrected chi connectivity index (χ1v) is 5.70. The third-order valence-electron chi connectivity index (χ3n) is 2.71. The first-order chi connectivity index (χ1) is 9.38. The Bertz CT molecular complexity index is 663. The molecule has 0 fully saturated rings. The van der Waals surface area contributed by atoms with E-state index in [1.807, 2.05) is 0 Å². The largest absolute Gasteiger partial charge is 0.398 e. The number of hydrogen-bond donors (Lipinski definition) is 2. The highest BCUT2D eigenvalue weighted by Crippen LogP contribution is 2.26. The summed E-state index contributed by atoms with van der Waals surface area (Å²) in [4.78, 5) is 11.3. The van der Waals surface area contributed by atoms with Crippen LogP contribution in [0.4, 0.5) is 30.2 Å². The molecule has 0 aliphatic rings. The predicted octanol–water partition coefficient (Wildman–Crippen LogP) is 3.63. The van der Waals surface area contributed by atoms with Crippen LogP contribution in [0.25, 0.3) is 0 Å². The fourth-order valence-electron chi connectivity index (χ4n) is 1.74. The van der Waals surface area contributed by atoms with E-state index in [-0.39, 0.29) is 22.7 Å². The van der Waals surface area contributed by atoms with Gasteiger partial charge < -0.3 is 11.1 Å². The highest BCUT2D eigenvalue weighted by molar-refractivity contribution is 6.00. The Labute approximate surface area is 113 Å². The summed E-state index contributed by atoms with van der Waals surface area (Å²) in [7, 11) is 0. The molecule has 0 heterocycles. The van der Waals surface area contributed by atoms with Gasteiger partial charge in [-0.3, -0.25) is 4.79 Å². The Kier molecular flexibility index (Phi) is 3.65. The number of carbonyl (C=O) groups is 1. The highest BCUT2D eigenvalue weighted by atomic mass is 19.1. The fraction of sp³-hybridized carbons (Fsp3) is 0.0714. The van der Waals surface area contributed by atoms with Gasteiger partial charge in [0, 0.05) is 29.1 Å². The van der Waals surface area contributed by atoms with Gasteiger partial charge in [-0.2, -0.15) is 0 Å². The standard InChI is InChI=1S/C14H11F3N2O/c1-7(20)10-6-9(2-3-13(10)18)19-14-11(16)4-8(15)5-12(14)17/h2-6,19H,18H2,1H3. The maximum absolute atomic E-state index is 13.5. The van der Waals surface area contributed by atoms with Crippen LogP contribution in [-0.4, -0.2) is 5.78 Å². The second kappa shape index (κ2) is 5.24. The Balaban J connectivity index is 2.41. The van der Waals surface area contributed by atoms with E-state index in [2.05, 4.69) is 5.32 Å². The molecule has 20 heavy (non-hydrogen) atoms. The minimum atomic E-state index is -1.07. The smallest absolute Gasteiger partial charge is 0.161 e. The summed E-state index contributed by atoms with van der Waals surface area (Å²) in [6.07, 6.45) is 0. The number of hydrogen-bond acceptors (Lipinski definition) is 3. The summed E-state index contributed by atoms with van der Waals surface area (Å²) in [5, 5.41) is 2.47. The van der Waals surface area contributed by atoms with E-state index >= 15 is 0 Å². The number of benzene rings is 2. The Hall–Kier alpha value is -2.50. The molecule has 2 rings (SSSR count). The normalized spacial score (nSPS) is 10.4. The third kappa shape index (κ3) is 2.74. The topological polar surface area (TPSA) is 55.1 Å². The number of anilines is 3. The Morgan fingerprint density at radius 3 is 2.25 bits per heavy atom. The predicted molar refractivity (Wildman–Crippen MR) is 70.5 cm³/mol. The van der Waals surface area contributed by atoms with E-state index < -0.39 is 23.1 Å². The Morgan fingerprint density at radius 2 is 1.70 bits per heavy atom. The summed E-state index contributed by atoms with van der Waals surface area (Å²) in [6, 6.07) is 5.41. The van der Waals surface area contributed by atoms with Crippen LogP contribution in [0.5, 0.6) is 0 Å². The van der Waals surface area contributed by atoms with Crippen molar-refractivity contribution in [1.82, 2.24) is 0 Å². The zero-order chi connectivity index (χ0) is 14.9. The molecule has 0 aliphatic carbocycles. The van der Waals surface area contributed by atoms with Gasteiger partial charge in [-0.25, -0.2) is 13.2 Å². The van der Waals surface area contributed by atoms with Gasteiger partial charge in [0.2, 0.25) is 0 Å². The number of nitrogens with two attached hydrogens (primary N) is 1. The van der Waals surface area contributed by atoms with Gasteiger partial charge in [0.1, 0.15) is 11.5 Å². The lowest BCUT2D eigenvalue weighted by atomic mass is 10.1. The van der Waals surface area contributed by atoms with Crippen LogP contribution in [0.15, 0.2) is 30.3 Å². The molecule has 0 amide bonds. The molecule has 0 aromatic heterocycles. The molecule has 0 aliphatic heterocycles. The maximum Gasteiger partial charge on any atom is 0.161 e. The van der Waals surface area contributed by atoms with E-state index in [0.717, 1.165) is 0 Å².